The van der Waals surface area contributed by atoms with E-state index in [-0.39, 0.29) is 5.91 Å². The molecule has 1 N–H and O–H groups in total. The average Bonchev–Trinajstić information content (AvgIpc) is 3.18. The van der Waals surface area contributed by atoms with Gasteiger partial charge in [-0.3, -0.25) is 9.48 Å². The first-order chi connectivity index (χ1) is 12.1. The van der Waals surface area contributed by atoms with Crippen LogP contribution >= 0.6 is 0 Å². The Balaban J connectivity index is 1.60. The molecular weight excluding hydrogens is 314 g/mol. The third kappa shape index (κ3) is 4.30. The van der Waals surface area contributed by atoms with E-state index in [1.165, 1.54) is 6.42 Å². The van der Waals surface area contributed by atoms with Gasteiger partial charge < -0.3 is 9.88 Å². The predicted molar refractivity (Wildman–Crippen MR) is 97.5 cm³/mol. The normalized spacial score (nSPS) is 17.9. The van der Waals surface area contributed by atoms with E-state index in [0.717, 1.165) is 68.0 Å². The molecule has 3 heterocycles. The quantitative estimate of drug-likeness (QED) is 0.876. The van der Waals surface area contributed by atoms with Crippen LogP contribution in [0.2, 0.25) is 0 Å². The van der Waals surface area contributed by atoms with Crippen LogP contribution in [-0.2, 0) is 13.0 Å². The summed E-state index contributed by atoms with van der Waals surface area (Å²) in [5.74, 6) is 0.562. The summed E-state index contributed by atoms with van der Waals surface area (Å²) in [7, 11) is 0. The number of aromatic amines is 1. The largest absolute Gasteiger partial charge is 0.354 e. The van der Waals surface area contributed by atoms with Crippen molar-refractivity contribution >= 4 is 5.91 Å². The van der Waals surface area contributed by atoms with Crippen molar-refractivity contribution in [3.63, 3.8) is 0 Å². The molecule has 6 nitrogen and oxygen atoms in total. The minimum atomic E-state index is 0.123. The maximum atomic E-state index is 12.8. The fourth-order valence-corrected chi connectivity index (χ4v) is 3.67. The highest BCUT2D eigenvalue weighted by Crippen LogP contribution is 2.21. The minimum absolute atomic E-state index is 0.123. The van der Waals surface area contributed by atoms with Gasteiger partial charge in [-0.1, -0.05) is 18.6 Å². The maximum Gasteiger partial charge on any atom is 0.270 e. The van der Waals surface area contributed by atoms with Crippen LogP contribution in [0.3, 0.4) is 0 Å². The van der Waals surface area contributed by atoms with Crippen molar-refractivity contribution in [1.29, 1.82) is 0 Å². The zero-order valence-corrected chi connectivity index (χ0v) is 15.6. The molecular formula is C19H29N5O. The number of piperidine rings is 1. The van der Waals surface area contributed by atoms with Gasteiger partial charge in [0.05, 0.1) is 5.69 Å². The molecule has 3 rings (SSSR count). The third-order valence-corrected chi connectivity index (χ3v) is 4.99. The van der Waals surface area contributed by atoms with Crippen LogP contribution in [0.4, 0.5) is 0 Å². The summed E-state index contributed by atoms with van der Waals surface area (Å²) in [5, 5.41) is 8.53. The van der Waals surface area contributed by atoms with Crippen LogP contribution in [0.25, 0.3) is 0 Å². The Morgan fingerprint density at radius 2 is 2.24 bits per heavy atom. The molecule has 1 amide bonds. The molecule has 25 heavy (non-hydrogen) atoms. The molecule has 1 atom stereocenters. The first-order valence-electron chi connectivity index (χ1n) is 9.41. The zero-order chi connectivity index (χ0) is 17.8. The van der Waals surface area contributed by atoms with E-state index in [1.54, 1.807) is 0 Å². The van der Waals surface area contributed by atoms with Gasteiger partial charge in [-0.15, -0.1) is 5.10 Å². The molecule has 1 aliphatic rings. The van der Waals surface area contributed by atoms with E-state index in [9.17, 15) is 4.79 Å². The first-order valence-corrected chi connectivity index (χ1v) is 9.41. The lowest BCUT2D eigenvalue weighted by Gasteiger charge is -2.32. The molecule has 0 radical (unpaired) electrons. The molecule has 2 aromatic heterocycles. The third-order valence-electron chi connectivity index (χ3n) is 4.99. The van der Waals surface area contributed by atoms with Gasteiger partial charge >= 0.3 is 0 Å². The van der Waals surface area contributed by atoms with Crippen LogP contribution in [0.1, 0.15) is 60.0 Å². The summed E-state index contributed by atoms with van der Waals surface area (Å²) in [4.78, 5) is 18.0. The van der Waals surface area contributed by atoms with Crippen LogP contribution < -0.4 is 0 Å². The Hall–Kier alpha value is -2.11. The van der Waals surface area contributed by atoms with Crippen molar-refractivity contribution in [2.75, 3.05) is 13.1 Å². The van der Waals surface area contributed by atoms with Crippen molar-refractivity contribution in [1.82, 2.24) is 24.9 Å². The molecule has 0 spiro atoms. The number of carbonyl (C=O) groups is 1. The molecule has 136 valence electrons. The number of aromatic nitrogens is 4. The Kier molecular flexibility index (Phi) is 5.56. The average molecular weight is 343 g/mol. The highest BCUT2D eigenvalue weighted by atomic mass is 16.2. The van der Waals surface area contributed by atoms with Crippen molar-refractivity contribution < 1.29 is 4.79 Å². The van der Waals surface area contributed by atoms with Gasteiger partial charge in [-0.25, -0.2) is 0 Å². The number of H-pyrrole nitrogens is 1. The molecule has 0 aromatic carbocycles. The monoisotopic (exact) mass is 343 g/mol. The van der Waals surface area contributed by atoms with Crippen molar-refractivity contribution in [2.45, 2.75) is 59.4 Å². The zero-order valence-electron chi connectivity index (χ0n) is 15.6. The Bertz CT molecular complexity index is 717. The number of likely N-dealkylation sites (tertiary alicyclic amines) is 1. The number of rotatable bonds is 6. The first kappa shape index (κ1) is 17.7. The number of carbonyl (C=O) groups excluding carboxylic acids is 1. The lowest BCUT2D eigenvalue weighted by molar-refractivity contribution is 0.0653. The minimum Gasteiger partial charge on any atom is -0.354 e. The summed E-state index contributed by atoms with van der Waals surface area (Å²) in [6, 6.07) is 2.03. The molecule has 1 fully saturated rings. The Labute approximate surface area is 149 Å². The van der Waals surface area contributed by atoms with Crippen LogP contribution in [0.5, 0.6) is 0 Å². The van der Waals surface area contributed by atoms with Crippen LogP contribution in [0, 0.1) is 19.8 Å². The number of nitrogens with one attached hydrogen (secondary N) is 1. The summed E-state index contributed by atoms with van der Waals surface area (Å²) in [6.45, 7) is 8.64. The molecule has 6 heteroatoms. The van der Waals surface area contributed by atoms with E-state index in [1.807, 2.05) is 29.5 Å². The van der Waals surface area contributed by atoms with E-state index in [4.69, 9.17) is 0 Å². The second-order valence-electron chi connectivity index (χ2n) is 7.31. The fraction of sp³-hybridized carbons (Fsp3) is 0.632. The van der Waals surface area contributed by atoms with Crippen LogP contribution in [-0.4, -0.2) is 43.9 Å². The van der Waals surface area contributed by atoms with Gasteiger partial charge in [-0.05, 0) is 57.1 Å². The highest BCUT2D eigenvalue weighted by Gasteiger charge is 2.26. The number of hydrogen-bond acceptors (Lipinski definition) is 3. The van der Waals surface area contributed by atoms with Crippen molar-refractivity contribution in [3.8, 4) is 0 Å². The van der Waals surface area contributed by atoms with E-state index in [0.29, 0.717) is 5.92 Å². The smallest absolute Gasteiger partial charge is 0.270 e. The summed E-state index contributed by atoms with van der Waals surface area (Å²) >= 11 is 0. The number of unbranched alkanes of at least 4 members (excludes halogenated alkanes) is 1. The topological polar surface area (TPSA) is 66.8 Å². The predicted octanol–water partition coefficient (Wildman–Crippen LogP) is 3.12. The van der Waals surface area contributed by atoms with Crippen molar-refractivity contribution in [2.24, 2.45) is 5.92 Å². The second kappa shape index (κ2) is 7.85. The second-order valence-corrected chi connectivity index (χ2v) is 7.31. The Morgan fingerprint density at radius 3 is 2.96 bits per heavy atom. The fourth-order valence-electron chi connectivity index (χ4n) is 3.67. The van der Waals surface area contributed by atoms with Gasteiger partial charge in [0.2, 0.25) is 0 Å². The number of aryl methyl sites for hydroxylation is 3. The maximum absolute atomic E-state index is 12.8. The lowest BCUT2D eigenvalue weighted by atomic mass is 9.97. The number of nitrogens with zero attached hydrogens (tertiary/aromatic N) is 4. The lowest BCUT2D eigenvalue weighted by Crippen LogP contribution is -2.41. The molecule has 0 bridgehead atoms. The SMILES string of the molecule is CCCCc1cn(CC2CCCN(C(=O)c3[nH]c(C)cc3C)C2)nn1. The van der Waals surface area contributed by atoms with Gasteiger partial charge in [0.25, 0.3) is 5.91 Å². The van der Waals surface area contributed by atoms with Gasteiger partial charge in [0.1, 0.15) is 5.69 Å². The van der Waals surface area contributed by atoms with Gasteiger partial charge in [-0.2, -0.15) is 0 Å². The summed E-state index contributed by atoms with van der Waals surface area (Å²) in [6.07, 6.45) is 7.57. The summed E-state index contributed by atoms with van der Waals surface area (Å²) in [5.41, 5.74) is 3.88. The molecule has 1 aliphatic heterocycles. The highest BCUT2D eigenvalue weighted by molar-refractivity contribution is 5.94. The molecule has 1 unspecified atom stereocenters. The number of amides is 1. The van der Waals surface area contributed by atoms with E-state index in [2.05, 4.69) is 28.4 Å². The standard InChI is InChI=1S/C19H29N5O/c1-4-5-8-17-13-24(22-21-17)12-16-7-6-9-23(11-16)19(25)18-14(2)10-15(3)20-18/h10,13,16,20H,4-9,11-12H2,1-3H3. The van der Waals surface area contributed by atoms with E-state index >= 15 is 0 Å². The molecule has 2 aromatic rings. The summed E-state index contributed by atoms with van der Waals surface area (Å²) < 4.78 is 1.95. The van der Waals surface area contributed by atoms with Crippen molar-refractivity contribution in [3.05, 3.63) is 34.9 Å². The molecule has 0 saturated carbocycles. The van der Waals surface area contributed by atoms with Gasteiger partial charge in [0, 0.05) is 31.5 Å². The van der Waals surface area contributed by atoms with E-state index < -0.39 is 0 Å². The molecule has 0 aliphatic carbocycles. The Morgan fingerprint density at radius 1 is 1.40 bits per heavy atom. The number of hydrogen-bond donors (Lipinski definition) is 1. The van der Waals surface area contributed by atoms with Crippen LogP contribution in [0.15, 0.2) is 12.3 Å². The molecule has 1 saturated heterocycles. The van der Waals surface area contributed by atoms with Gasteiger partial charge in [0.15, 0.2) is 0 Å².